The summed E-state index contributed by atoms with van der Waals surface area (Å²) in [5.41, 5.74) is 0.715. The van der Waals surface area contributed by atoms with Gasteiger partial charge in [-0.2, -0.15) is 0 Å². The minimum atomic E-state index is -0.783. The lowest BCUT2D eigenvalue weighted by atomic mass is 9.73. The number of amides is 1. The van der Waals surface area contributed by atoms with Crippen molar-refractivity contribution in [3.8, 4) is 5.88 Å². The molecule has 0 aliphatic carbocycles. The predicted octanol–water partition coefficient (Wildman–Crippen LogP) is 2.98. The Morgan fingerprint density at radius 1 is 1.31 bits per heavy atom. The maximum absolute atomic E-state index is 13.8. The normalized spacial score (nSPS) is 16.1. The first kappa shape index (κ1) is 18.3. The SMILES string of the molecule is CCOc1ncccc1CNC(=O)C1(c2cccc(F)c2)CCOCC1. The summed E-state index contributed by atoms with van der Waals surface area (Å²) in [6.45, 7) is 3.64. The largest absolute Gasteiger partial charge is 0.478 e. The molecular formula is C20H23FN2O3. The topological polar surface area (TPSA) is 60.5 Å². The van der Waals surface area contributed by atoms with Crippen LogP contribution in [-0.4, -0.2) is 30.7 Å². The van der Waals surface area contributed by atoms with E-state index in [2.05, 4.69) is 10.3 Å². The van der Waals surface area contributed by atoms with Gasteiger partial charge in [0, 0.05) is 31.5 Å². The zero-order chi connectivity index (χ0) is 18.4. The van der Waals surface area contributed by atoms with Crippen LogP contribution in [0.4, 0.5) is 4.39 Å². The zero-order valence-electron chi connectivity index (χ0n) is 14.8. The van der Waals surface area contributed by atoms with Crippen LogP contribution in [0, 0.1) is 5.82 Å². The van der Waals surface area contributed by atoms with E-state index in [4.69, 9.17) is 9.47 Å². The van der Waals surface area contributed by atoms with Gasteiger partial charge >= 0.3 is 0 Å². The number of benzene rings is 1. The molecule has 2 aromatic rings. The van der Waals surface area contributed by atoms with Crippen molar-refractivity contribution in [1.29, 1.82) is 0 Å². The Bertz CT molecular complexity index is 760. The van der Waals surface area contributed by atoms with E-state index >= 15 is 0 Å². The van der Waals surface area contributed by atoms with Gasteiger partial charge in [0.15, 0.2) is 0 Å². The Hall–Kier alpha value is -2.47. The number of nitrogens with one attached hydrogen (secondary N) is 1. The first-order chi connectivity index (χ1) is 12.7. The molecule has 5 nitrogen and oxygen atoms in total. The van der Waals surface area contributed by atoms with Crippen molar-refractivity contribution in [1.82, 2.24) is 10.3 Å². The summed E-state index contributed by atoms with van der Waals surface area (Å²) in [6.07, 6.45) is 2.70. The highest BCUT2D eigenvalue weighted by Crippen LogP contribution is 2.35. The summed E-state index contributed by atoms with van der Waals surface area (Å²) in [7, 11) is 0. The van der Waals surface area contributed by atoms with Crippen LogP contribution in [0.5, 0.6) is 5.88 Å². The Morgan fingerprint density at radius 3 is 2.85 bits per heavy atom. The van der Waals surface area contributed by atoms with Gasteiger partial charge in [-0.15, -0.1) is 0 Å². The van der Waals surface area contributed by atoms with Crippen LogP contribution in [0.1, 0.15) is 30.9 Å². The van der Waals surface area contributed by atoms with Crippen molar-refractivity contribution in [2.75, 3.05) is 19.8 Å². The van der Waals surface area contributed by atoms with Gasteiger partial charge < -0.3 is 14.8 Å². The van der Waals surface area contributed by atoms with Gasteiger partial charge in [0.2, 0.25) is 11.8 Å². The van der Waals surface area contributed by atoms with Crippen molar-refractivity contribution in [2.24, 2.45) is 0 Å². The van der Waals surface area contributed by atoms with Crippen molar-refractivity contribution in [3.05, 3.63) is 59.5 Å². The van der Waals surface area contributed by atoms with Gasteiger partial charge in [-0.25, -0.2) is 9.37 Å². The van der Waals surface area contributed by atoms with Gasteiger partial charge in [-0.05, 0) is 43.5 Å². The highest BCUT2D eigenvalue weighted by atomic mass is 19.1. The average Bonchev–Trinajstić information content (AvgIpc) is 2.68. The third kappa shape index (κ3) is 3.85. The monoisotopic (exact) mass is 358 g/mol. The summed E-state index contributed by atoms with van der Waals surface area (Å²) in [5.74, 6) is 0.0480. The molecule has 1 aliphatic rings. The molecule has 1 saturated heterocycles. The molecule has 138 valence electrons. The summed E-state index contributed by atoms with van der Waals surface area (Å²) in [5, 5.41) is 2.99. The fraction of sp³-hybridized carbons (Fsp3) is 0.400. The number of halogens is 1. The standard InChI is InChI=1S/C20H23FN2O3/c1-2-26-18-15(5-4-10-22-18)14-23-19(24)20(8-11-25-12-9-20)16-6-3-7-17(21)13-16/h3-7,10,13H,2,8-9,11-12,14H2,1H3,(H,23,24). The molecule has 6 heteroatoms. The number of aromatic nitrogens is 1. The summed E-state index contributed by atoms with van der Waals surface area (Å²) in [4.78, 5) is 17.3. The maximum Gasteiger partial charge on any atom is 0.231 e. The number of nitrogens with zero attached hydrogens (tertiary/aromatic N) is 1. The summed E-state index contributed by atoms with van der Waals surface area (Å²) in [6, 6.07) is 9.96. The molecule has 26 heavy (non-hydrogen) atoms. The second kappa shape index (κ2) is 8.27. The van der Waals surface area contributed by atoms with Crippen LogP contribution in [0.25, 0.3) is 0 Å². The highest BCUT2D eigenvalue weighted by molar-refractivity contribution is 5.88. The Labute approximate surface area is 152 Å². The molecule has 3 rings (SSSR count). The van der Waals surface area contributed by atoms with Crippen LogP contribution >= 0.6 is 0 Å². The van der Waals surface area contributed by atoms with E-state index in [-0.39, 0.29) is 11.7 Å². The first-order valence-electron chi connectivity index (χ1n) is 8.84. The zero-order valence-corrected chi connectivity index (χ0v) is 14.8. The van der Waals surface area contributed by atoms with Gasteiger partial charge in [0.05, 0.1) is 12.0 Å². The van der Waals surface area contributed by atoms with E-state index in [1.165, 1.54) is 12.1 Å². The molecule has 1 aromatic heterocycles. The number of rotatable bonds is 6. The van der Waals surface area contributed by atoms with E-state index in [1.54, 1.807) is 18.3 Å². The molecule has 1 amide bonds. The van der Waals surface area contributed by atoms with Crippen LogP contribution in [0.15, 0.2) is 42.6 Å². The Balaban J connectivity index is 1.81. The molecule has 0 saturated carbocycles. The van der Waals surface area contributed by atoms with Crippen LogP contribution < -0.4 is 10.1 Å². The minimum absolute atomic E-state index is 0.127. The number of carbonyl (C=O) groups is 1. The third-order valence-electron chi connectivity index (χ3n) is 4.73. The second-order valence-electron chi connectivity index (χ2n) is 6.29. The third-order valence-corrected chi connectivity index (χ3v) is 4.73. The highest BCUT2D eigenvalue weighted by Gasteiger charge is 2.41. The van der Waals surface area contributed by atoms with Gasteiger partial charge in [0.25, 0.3) is 0 Å². The Morgan fingerprint density at radius 2 is 2.12 bits per heavy atom. The lowest BCUT2D eigenvalue weighted by Gasteiger charge is -2.36. The number of pyridine rings is 1. The molecule has 1 aliphatic heterocycles. The van der Waals surface area contributed by atoms with Crippen LogP contribution in [-0.2, 0) is 21.5 Å². The molecule has 1 fully saturated rings. The molecule has 0 atom stereocenters. The summed E-state index contributed by atoms with van der Waals surface area (Å²) >= 11 is 0. The van der Waals surface area contributed by atoms with Gasteiger partial charge in [-0.3, -0.25) is 4.79 Å². The van der Waals surface area contributed by atoms with Gasteiger partial charge in [0.1, 0.15) is 5.82 Å². The van der Waals surface area contributed by atoms with E-state index < -0.39 is 5.41 Å². The van der Waals surface area contributed by atoms with E-state index in [0.29, 0.717) is 50.7 Å². The number of hydrogen-bond donors (Lipinski definition) is 1. The molecule has 0 bridgehead atoms. The lowest BCUT2D eigenvalue weighted by Crippen LogP contribution is -2.47. The Kier molecular flexibility index (Phi) is 5.83. The van der Waals surface area contributed by atoms with E-state index in [9.17, 15) is 9.18 Å². The molecule has 1 N–H and O–H groups in total. The van der Waals surface area contributed by atoms with Crippen molar-refractivity contribution >= 4 is 5.91 Å². The molecule has 0 radical (unpaired) electrons. The fourth-order valence-electron chi connectivity index (χ4n) is 3.32. The summed E-state index contributed by atoms with van der Waals surface area (Å²) < 4.78 is 24.7. The lowest BCUT2D eigenvalue weighted by molar-refractivity contribution is -0.130. The van der Waals surface area contributed by atoms with Crippen molar-refractivity contribution < 1.29 is 18.7 Å². The minimum Gasteiger partial charge on any atom is -0.478 e. The molecule has 0 spiro atoms. The average molecular weight is 358 g/mol. The van der Waals surface area contributed by atoms with Crippen LogP contribution in [0.3, 0.4) is 0 Å². The van der Waals surface area contributed by atoms with Crippen molar-refractivity contribution in [3.63, 3.8) is 0 Å². The molecule has 0 unspecified atom stereocenters. The smallest absolute Gasteiger partial charge is 0.231 e. The van der Waals surface area contributed by atoms with Crippen LogP contribution in [0.2, 0.25) is 0 Å². The molecule has 2 heterocycles. The predicted molar refractivity (Wildman–Crippen MR) is 95.4 cm³/mol. The number of carbonyl (C=O) groups excluding carboxylic acids is 1. The molecule has 1 aromatic carbocycles. The quantitative estimate of drug-likeness (QED) is 0.862. The second-order valence-corrected chi connectivity index (χ2v) is 6.29. The first-order valence-corrected chi connectivity index (χ1v) is 8.84. The molecular weight excluding hydrogens is 335 g/mol. The fourth-order valence-corrected chi connectivity index (χ4v) is 3.32. The van der Waals surface area contributed by atoms with E-state index in [0.717, 1.165) is 5.56 Å². The van der Waals surface area contributed by atoms with E-state index in [1.807, 2.05) is 19.1 Å². The number of ether oxygens (including phenoxy) is 2. The maximum atomic E-state index is 13.8. The number of hydrogen-bond acceptors (Lipinski definition) is 4. The van der Waals surface area contributed by atoms with Crippen molar-refractivity contribution in [2.45, 2.75) is 31.7 Å². The van der Waals surface area contributed by atoms with Gasteiger partial charge in [-0.1, -0.05) is 18.2 Å².